The number of fused-ring (bicyclic) bond motifs is 1. The quantitative estimate of drug-likeness (QED) is 0.205. The summed E-state index contributed by atoms with van der Waals surface area (Å²) in [5.41, 5.74) is 4.83. The van der Waals surface area contributed by atoms with Gasteiger partial charge in [0.1, 0.15) is 11.9 Å². The molecule has 1 unspecified atom stereocenters. The highest BCUT2D eigenvalue weighted by molar-refractivity contribution is 6.42. The molecular formula is C28H20Cl4N2O. The van der Waals surface area contributed by atoms with Crippen molar-refractivity contribution < 1.29 is 4.74 Å². The SMILES string of the molecule is Clc1ccc(COC(c2ccccc2)c2nc3ccccc3n2Cc2ccc(Cl)c(Cl)c2)cc1Cl. The number of benzene rings is 4. The van der Waals surface area contributed by atoms with E-state index in [1.807, 2.05) is 78.9 Å². The van der Waals surface area contributed by atoms with Crippen LogP contribution in [0.5, 0.6) is 0 Å². The molecule has 35 heavy (non-hydrogen) atoms. The summed E-state index contributed by atoms with van der Waals surface area (Å²) in [6, 6.07) is 29.3. The zero-order chi connectivity index (χ0) is 24.4. The van der Waals surface area contributed by atoms with E-state index in [1.54, 1.807) is 6.07 Å². The molecule has 0 spiro atoms. The second-order valence-electron chi connectivity index (χ2n) is 8.14. The zero-order valence-electron chi connectivity index (χ0n) is 18.5. The van der Waals surface area contributed by atoms with Gasteiger partial charge < -0.3 is 9.30 Å². The molecule has 0 amide bonds. The molecule has 3 nitrogen and oxygen atoms in total. The molecule has 176 valence electrons. The van der Waals surface area contributed by atoms with Crippen molar-refractivity contribution >= 4 is 57.4 Å². The summed E-state index contributed by atoms with van der Waals surface area (Å²) in [5, 5.41) is 2.05. The van der Waals surface area contributed by atoms with E-state index < -0.39 is 6.10 Å². The van der Waals surface area contributed by atoms with Crippen molar-refractivity contribution in [2.24, 2.45) is 0 Å². The third kappa shape index (κ3) is 5.35. The van der Waals surface area contributed by atoms with Crippen LogP contribution in [0.1, 0.15) is 28.6 Å². The molecule has 0 radical (unpaired) electrons. The number of hydrogen-bond acceptors (Lipinski definition) is 2. The maximum Gasteiger partial charge on any atom is 0.144 e. The average Bonchev–Trinajstić information content (AvgIpc) is 3.22. The largest absolute Gasteiger partial charge is 0.361 e. The highest BCUT2D eigenvalue weighted by Gasteiger charge is 2.23. The van der Waals surface area contributed by atoms with Gasteiger partial charge in [-0.15, -0.1) is 0 Å². The van der Waals surface area contributed by atoms with Crippen molar-refractivity contribution in [1.82, 2.24) is 9.55 Å². The lowest BCUT2D eigenvalue weighted by Gasteiger charge is -2.20. The summed E-state index contributed by atoms with van der Waals surface area (Å²) in [7, 11) is 0. The molecule has 1 heterocycles. The Hall–Kier alpha value is -2.53. The number of aromatic nitrogens is 2. The summed E-state index contributed by atoms with van der Waals surface area (Å²) >= 11 is 24.8. The monoisotopic (exact) mass is 540 g/mol. The molecule has 0 bridgehead atoms. The van der Waals surface area contributed by atoms with Gasteiger partial charge in [0.15, 0.2) is 0 Å². The van der Waals surface area contributed by atoms with Crippen molar-refractivity contribution in [3.8, 4) is 0 Å². The Kier molecular flexibility index (Phi) is 7.33. The molecule has 0 saturated carbocycles. The van der Waals surface area contributed by atoms with Crippen LogP contribution < -0.4 is 0 Å². The van der Waals surface area contributed by atoms with Crippen LogP contribution in [-0.2, 0) is 17.9 Å². The van der Waals surface area contributed by atoms with Crippen LogP contribution in [0.15, 0.2) is 91.0 Å². The Morgan fingerprint density at radius 3 is 2.03 bits per heavy atom. The van der Waals surface area contributed by atoms with Crippen LogP contribution in [0.25, 0.3) is 11.0 Å². The van der Waals surface area contributed by atoms with E-state index in [0.29, 0.717) is 33.2 Å². The van der Waals surface area contributed by atoms with Gasteiger partial charge in [0.2, 0.25) is 0 Å². The van der Waals surface area contributed by atoms with E-state index >= 15 is 0 Å². The van der Waals surface area contributed by atoms with Crippen molar-refractivity contribution in [3.63, 3.8) is 0 Å². The second-order valence-corrected chi connectivity index (χ2v) is 9.77. The maximum absolute atomic E-state index is 6.51. The molecule has 0 saturated heterocycles. The summed E-state index contributed by atoms with van der Waals surface area (Å²) in [6.07, 6.45) is -0.416. The molecule has 5 aromatic rings. The van der Waals surface area contributed by atoms with Gasteiger partial charge in [-0.25, -0.2) is 4.98 Å². The molecule has 0 aliphatic rings. The first-order valence-corrected chi connectivity index (χ1v) is 12.5. The number of nitrogens with zero attached hydrogens (tertiary/aromatic N) is 2. The van der Waals surface area contributed by atoms with E-state index in [1.165, 1.54) is 0 Å². The fraction of sp³-hybridized carbons (Fsp3) is 0.107. The predicted molar refractivity (Wildman–Crippen MR) is 145 cm³/mol. The van der Waals surface area contributed by atoms with Crippen LogP contribution in [0.4, 0.5) is 0 Å². The zero-order valence-corrected chi connectivity index (χ0v) is 21.5. The standard InChI is InChI=1S/C28H20Cl4N2O/c29-21-12-10-18(14-23(21)31)16-34-26-9-5-4-8-25(26)33-28(34)27(20-6-2-1-3-7-20)35-17-19-11-13-22(30)24(32)15-19/h1-15,27H,16-17H2. The molecule has 5 rings (SSSR count). The fourth-order valence-electron chi connectivity index (χ4n) is 4.04. The number of hydrogen-bond donors (Lipinski definition) is 0. The Bertz CT molecular complexity index is 1480. The Balaban J connectivity index is 1.58. The van der Waals surface area contributed by atoms with E-state index in [-0.39, 0.29) is 0 Å². The van der Waals surface area contributed by atoms with Crippen molar-refractivity contribution in [2.75, 3.05) is 0 Å². The fourth-order valence-corrected chi connectivity index (χ4v) is 4.68. The van der Waals surface area contributed by atoms with Gasteiger partial charge in [-0.3, -0.25) is 0 Å². The number of imidazole rings is 1. The minimum absolute atomic E-state index is 0.340. The van der Waals surface area contributed by atoms with Gasteiger partial charge in [-0.2, -0.15) is 0 Å². The molecule has 1 atom stereocenters. The van der Waals surface area contributed by atoms with E-state index in [2.05, 4.69) is 10.6 Å². The number of ether oxygens (including phenoxy) is 1. The molecular weight excluding hydrogens is 522 g/mol. The van der Waals surface area contributed by atoms with Gasteiger partial charge in [0.25, 0.3) is 0 Å². The third-order valence-corrected chi connectivity index (χ3v) is 7.22. The third-order valence-electron chi connectivity index (χ3n) is 5.75. The normalized spacial score (nSPS) is 12.2. The number of para-hydroxylation sites is 2. The Morgan fingerprint density at radius 1 is 0.686 bits per heavy atom. The van der Waals surface area contributed by atoms with Crippen molar-refractivity contribution in [1.29, 1.82) is 0 Å². The Morgan fingerprint density at radius 2 is 1.31 bits per heavy atom. The maximum atomic E-state index is 6.51. The number of halogens is 4. The number of rotatable bonds is 7. The molecule has 4 aromatic carbocycles. The Labute approximate surface area is 223 Å². The van der Waals surface area contributed by atoms with Crippen LogP contribution in [0.3, 0.4) is 0 Å². The highest BCUT2D eigenvalue weighted by atomic mass is 35.5. The van der Waals surface area contributed by atoms with Gasteiger partial charge in [-0.05, 0) is 53.1 Å². The lowest BCUT2D eigenvalue weighted by Crippen LogP contribution is -2.14. The van der Waals surface area contributed by atoms with Crippen LogP contribution in [0, 0.1) is 0 Å². The predicted octanol–water partition coefficient (Wildman–Crippen LogP) is 9.00. The van der Waals surface area contributed by atoms with Gasteiger partial charge >= 0.3 is 0 Å². The van der Waals surface area contributed by atoms with E-state index in [0.717, 1.165) is 33.5 Å². The first-order chi connectivity index (χ1) is 17.0. The first-order valence-electron chi connectivity index (χ1n) is 11.0. The smallest absolute Gasteiger partial charge is 0.144 e. The molecule has 0 fully saturated rings. The summed E-state index contributed by atoms with van der Waals surface area (Å²) in [4.78, 5) is 5.00. The van der Waals surface area contributed by atoms with Crippen LogP contribution >= 0.6 is 46.4 Å². The van der Waals surface area contributed by atoms with Crippen LogP contribution in [-0.4, -0.2) is 9.55 Å². The van der Waals surface area contributed by atoms with Gasteiger partial charge in [0, 0.05) is 6.54 Å². The lowest BCUT2D eigenvalue weighted by atomic mass is 10.1. The van der Waals surface area contributed by atoms with E-state index in [9.17, 15) is 0 Å². The van der Waals surface area contributed by atoms with Crippen LogP contribution in [0.2, 0.25) is 20.1 Å². The summed E-state index contributed by atoms with van der Waals surface area (Å²) in [6.45, 7) is 0.901. The molecule has 0 aliphatic carbocycles. The topological polar surface area (TPSA) is 27.1 Å². The molecule has 0 aliphatic heterocycles. The second kappa shape index (κ2) is 10.6. The average molecular weight is 542 g/mol. The van der Waals surface area contributed by atoms with E-state index in [4.69, 9.17) is 56.1 Å². The van der Waals surface area contributed by atoms with Crippen molar-refractivity contribution in [2.45, 2.75) is 19.3 Å². The van der Waals surface area contributed by atoms with Gasteiger partial charge in [0.05, 0.1) is 37.7 Å². The lowest BCUT2D eigenvalue weighted by molar-refractivity contribution is 0.0593. The molecule has 7 heteroatoms. The minimum Gasteiger partial charge on any atom is -0.361 e. The van der Waals surface area contributed by atoms with Gasteiger partial charge in [-0.1, -0.05) is 101 Å². The minimum atomic E-state index is -0.416. The highest BCUT2D eigenvalue weighted by Crippen LogP contribution is 2.32. The summed E-state index contributed by atoms with van der Waals surface area (Å²) < 4.78 is 8.68. The molecule has 1 aromatic heterocycles. The van der Waals surface area contributed by atoms with Crippen molar-refractivity contribution in [3.05, 3.63) is 134 Å². The summed E-state index contributed by atoms with van der Waals surface area (Å²) in [5.74, 6) is 0.795. The molecule has 0 N–H and O–H groups in total. The first kappa shape index (κ1) is 24.2.